The van der Waals surface area contributed by atoms with E-state index in [2.05, 4.69) is 10.3 Å². The van der Waals surface area contributed by atoms with E-state index < -0.39 is 29.5 Å². The number of carboxylic acids is 1. The van der Waals surface area contributed by atoms with E-state index in [9.17, 15) is 22.8 Å². The molecule has 1 saturated heterocycles. The van der Waals surface area contributed by atoms with Gasteiger partial charge in [0, 0.05) is 13.1 Å². The number of aromatic nitrogens is 3. The minimum atomic E-state index is -4.49. The number of carboxylic acid groups (broad SMARTS) is 1. The number of piperidine rings is 1. The van der Waals surface area contributed by atoms with Crippen LogP contribution >= 0.6 is 0 Å². The van der Waals surface area contributed by atoms with Crippen molar-refractivity contribution in [2.45, 2.75) is 19.0 Å². The van der Waals surface area contributed by atoms with Gasteiger partial charge in [-0.25, -0.2) is 4.68 Å². The molecule has 0 bridgehead atoms. The fourth-order valence-corrected chi connectivity index (χ4v) is 2.84. The van der Waals surface area contributed by atoms with Crippen LogP contribution in [0.25, 0.3) is 5.69 Å². The molecule has 1 atom stereocenters. The molecular weight excluding hydrogens is 353 g/mol. The topological polar surface area (TPSA) is 88.3 Å². The molecule has 0 aliphatic carbocycles. The van der Waals surface area contributed by atoms with Crippen molar-refractivity contribution in [3.05, 3.63) is 41.7 Å². The average molecular weight is 368 g/mol. The molecule has 138 valence electrons. The van der Waals surface area contributed by atoms with Crippen LogP contribution in [0.4, 0.5) is 13.2 Å². The lowest BCUT2D eigenvalue weighted by Crippen LogP contribution is -2.42. The first kappa shape index (κ1) is 17.9. The van der Waals surface area contributed by atoms with E-state index in [-0.39, 0.29) is 17.9 Å². The first-order valence-electron chi connectivity index (χ1n) is 7.88. The van der Waals surface area contributed by atoms with Gasteiger partial charge in [0.2, 0.25) is 0 Å². The van der Waals surface area contributed by atoms with Gasteiger partial charge in [0.25, 0.3) is 5.91 Å². The molecule has 3 rings (SSSR count). The SMILES string of the molecule is O=C(O)[C@H]1CCCN(C(=O)c2cn(-c3cccc(C(F)(F)F)c3)nn2)C1. The number of nitrogens with zero attached hydrogens (tertiary/aromatic N) is 4. The zero-order valence-electron chi connectivity index (χ0n) is 13.5. The van der Waals surface area contributed by atoms with Crippen molar-refractivity contribution in [3.8, 4) is 5.69 Å². The van der Waals surface area contributed by atoms with Crippen molar-refractivity contribution < 1.29 is 27.9 Å². The van der Waals surface area contributed by atoms with Crippen molar-refractivity contribution in [2.24, 2.45) is 5.92 Å². The number of likely N-dealkylation sites (tertiary alicyclic amines) is 1. The van der Waals surface area contributed by atoms with Gasteiger partial charge in [0.1, 0.15) is 0 Å². The quantitative estimate of drug-likeness (QED) is 0.898. The number of amides is 1. The molecular formula is C16H15F3N4O3. The third-order valence-corrected chi connectivity index (χ3v) is 4.21. The molecule has 1 fully saturated rings. The summed E-state index contributed by atoms with van der Waals surface area (Å²) >= 11 is 0. The predicted molar refractivity (Wildman–Crippen MR) is 82.6 cm³/mol. The van der Waals surface area contributed by atoms with Crippen LogP contribution < -0.4 is 0 Å². The Balaban J connectivity index is 1.80. The van der Waals surface area contributed by atoms with Gasteiger partial charge >= 0.3 is 12.1 Å². The van der Waals surface area contributed by atoms with E-state index >= 15 is 0 Å². The molecule has 2 heterocycles. The first-order valence-corrected chi connectivity index (χ1v) is 7.88. The van der Waals surface area contributed by atoms with Crippen LogP contribution in [0.2, 0.25) is 0 Å². The van der Waals surface area contributed by atoms with E-state index in [1.807, 2.05) is 0 Å². The summed E-state index contributed by atoms with van der Waals surface area (Å²) in [6, 6.07) is 4.50. The lowest BCUT2D eigenvalue weighted by atomic mass is 9.98. The van der Waals surface area contributed by atoms with Gasteiger partial charge in [0.15, 0.2) is 5.69 Å². The van der Waals surface area contributed by atoms with Crippen molar-refractivity contribution >= 4 is 11.9 Å². The smallest absolute Gasteiger partial charge is 0.416 e. The Morgan fingerprint density at radius 1 is 1.27 bits per heavy atom. The normalized spacial score (nSPS) is 18.0. The summed E-state index contributed by atoms with van der Waals surface area (Å²) in [5, 5.41) is 16.5. The average Bonchev–Trinajstić information content (AvgIpc) is 3.10. The second-order valence-electron chi connectivity index (χ2n) is 6.02. The molecule has 1 N–H and O–H groups in total. The number of carbonyl (C=O) groups excluding carboxylic acids is 1. The summed E-state index contributed by atoms with van der Waals surface area (Å²) in [6.07, 6.45) is -2.20. The molecule has 0 saturated carbocycles. The van der Waals surface area contributed by atoms with E-state index in [1.54, 1.807) is 0 Å². The van der Waals surface area contributed by atoms with Crippen LogP contribution in [0.5, 0.6) is 0 Å². The molecule has 1 aliphatic heterocycles. The lowest BCUT2D eigenvalue weighted by molar-refractivity contribution is -0.143. The second-order valence-corrected chi connectivity index (χ2v) is 6.02. The van der Waals surface area contributed by atoms with Crippen LogP contribution in [0.1, 0.15) is 28.9 Å². The number of carbonyl (C=O) groups is 2. The molecule has 1 aliphatic rings. The van der Waals surface area contributed by atoms with Gasteiger partial charge in [-0.15, -0.1) is 5.10 Å². The predicted octanol–water partition coefficient (Wildman–Crippen LogP) is 2.22. The number of hydrogen-bond acceptors (Lipinski definition) is 4. The van der Waals surface area contributed by atoms with Gasteiger partial charge in [-0.1, -0.05) is 11.3 Å². The number of hydrogen-bond donors (Lipinski definition) is 1. The number of benzene rings is 1. The van der Waals surface area contributed by atoms with Crippen molar-refractivity contribution in [1.82, 2.24) is 19.9 Å². The Hall–Kier alpha value is -2.91. The Labute approximate surface area is 146 Å². The maximum absolute atomic E-state index is 12.8. The minimum Gasteiger partial charge on any atom is -0.481 e. The third-order valence-electron chi connectivity index (χ3n) is 4.21. The molecule has 7 nitrogen and oxygen atoms in total. The third kappa shape index (κ3) is 3.68. The van der Waals surface area contributed by atoms with Gasteiger partial charge in [-0.05, 0) is 31.0 Å². The number of rotatable bonds is 3. The fourth-order valence-electron chi connectivity index (χ4n) is 2.84. The van der Waals surface area contributed by atoms with Crippen LogP contribution in [-0.4, -0.2) is 50.0 Å². The number of halogens is 3. The maximum atomic E-state index is 12.8. The molecule has 0 unspecified atom stereocenters. The highest BCUT2D eigenvalue weighted by atomic mass is 19.4. The Kier molecular flexibility index (Phi) is 4.66. The van der Waals surface area contributed by atoms with Crippen LogP contribution in [0.15, 0.2) is 30.5 Å². The zero-order valence-corrected chi connectivity index (χ0v) is 13.5. The highest BCUT2D eigenvalue weighted by Crippen LogP contribution is 2.30. The summed E-state index contributed by atoms with van der Waals surface area (Å²) in [5.41, 5.74) is -0.763. The van der Waals surface area contributed by atoms with Crippen LogP contribution in [-0.2, 0) is 11.0 Å². The van der Waals surface area contributed by atoms with E-state index in [0.29, 0.717) is 19.4 Å². The van der Waals surface area contributed by atoms with Crippen molar-refractivity contribution in [2.75, 3.05) is 13.1 Å². The van der Waals surface area contributed by atoms with E-state index in [4.69, 9.17) is 5.11 Å². The molecule has 1 amide bonds. The molecule has 26 heavy (non-hydrogen) atoms. The largest absolute Gasteiger partial charge is 0.481 e. The second kappa shape index (κ2) is 6.77. The number of aliphatic carboxylic acids is 1. The zero-order chi connectivity index (χ0) is 18.9. The molecule has 2 aromatic rings. The van der Waals surface area contributed by atoms with Crippen LogP contribution in [0, 0.1) is 5.92 Å². The summed E-state index contributed by atoms with van der Waals surface area (Å²) in [7, 11) is 0. The van der Waals surface area contributed by atoms with Gasteiger partial charge in [-0.3, -0.25) is 9.59 Å². The molecule has 0 radical (unpaired) electrons. The Bertz CT molecular complexity index is 834. The summed E-state index contributed by atoms with van der Waals surface area (Å²) in [4.78, 5) is 25.0. The van der Waals surface area contributed by atoms with E-state index in [1.165, 1.54) is 23.2 Å². The van der Waals surface area contributed by atoms with Gasteiger partial charge in [0.05, 0.1) is 23.4 Å². The lowest BCUT2D eigenvalue weighted by Gasteiger charge is -2.29. The van der Waals surface area contributed by atoms with Crippen LogP contribution in [0.3, 0.4) is 0 Å². The van der Waals surface area contributed by atoms with E-state index in [0.717, 1.165) is 16.8 Å². The fraction of sp³-hybridized carbons (Fsp3) is 0.375. The first-order chi connectivity index (χ1) is 12.3. The summed E-state index contributed by atoms with van der Waals surface area (Å²) in [5.74, 6) is -2.09. The molecule has 1 aromatic carbocycles. The maximum Gasteiger partial charge on any atom is 0.416 e. The molecule has 10 heteroatoms. The Morgan fingerprint density at radius 2 is 2.04 bits per heavy atom. The highest BCUT2D eigenvalue weighted by molar-refractivity contribution is 5.92. The highest BCUT2D eigenvalue weighted by Gasteiger charge is 2.31. The minimum absolute atomic E-state index is 0.0477. The van der Waals surface area contributed by atoms with Gasteiger partial charge in [-0.2, -0.15) is 13.2 Å². The standard InChI is InChI=1S/C16H15F3N4O3/c17-16(18,19)11-4-1-5-12(7-11)23-9-13(20-21-23)14(24)22-6-2-3-10(8-22)15(25)26/h1,4-5,7,9-10H,2-3,6,8H2,(H,25,26)/t10-/m0/s1. The van der Waals surface area contributed by atoms with Crippen molar-refractivity contribution in [1.29, 1.82) is 0 Å². The molecule has 0 spiro atoms. The summed E-state index contributed by atoms with van der Waals surface area (Å²) < 4.78 is 39.5. The van der Waals surface area contributed by atoms with Gasteiger partial charge < -0.3 is 10.0 Å². The van der Waals surface area contributed by atoms with Crippen molar-refractivity contribution in [3.63, 3.8) is 0 Å². The monoisotopic (exact) mass is 368 g/mol. The Morgan fingerprint density at radius 3 is 2.73 bits per heavy atom. The summed E-state index contributed by atoms with van der Waals surface area (Å²) in [6.45, 7) is 0.476. The molecule has 1 aromatic heterocycles. The number of alkyl halides is 3.